The van der Waals surface area contributed by atoms with Gasteiger partial charge in [0.1, 0.15) is 12.4 Å². The fourth-order valence-corrected chi connectivity index (χ4v) is 2.28. The molecule has 0 amide bonds. The van der Waals surface area contributed by atoms with Crippen LogP contribution in [0.1, 0.15) is 31.4 Å². The third-order valence-electron chi connectivity index (χ3n) is 3.25. The van der Waals surface area contributed by atoms with Crippen LogP contribution < -0.4 is 10.1 Å². The second kappa shape index (κ2) is 9.22. The molecule has 0 aliphatic carbocycles. The summed E-state index contributed by atoms with van der Waals surface area (Å²) in [5.41, 5.74) is 2.13. The molecule has 1 unspecified atom stereocenters. The molecule has 0 aromatic heterocycles. The maximum absolute atomic E-state index is 5.99. The fraction of sp³-hybridized carbons (Fsp3) is 0.625. The minimum Gasteiger partial charge on any atom is -0.491 e. The van der Waals surface area contributed by atoms with E-state index in [9.17, 15) is 0 Å². The van der Waals surface area contributed by atoms with E-state index in [4.69, 9.17) is 21.1 Å². The van der Waals surface area contributed by atoms with Crippen molar-refractivity contribution in [2.75, 3.05) is 26.4 Å². The van der Waals surface area contributed by atoms with Crippen molar-refractivity contribution in [2.24, 2.45) is 0 Å². The van der Waals surface area contributed by atoms with E-state index in [2.05, 4.69) is 19.2 Å². The number of aryl methyl sites for hydroxylation is 2. The van der Waals surface area contributed by atoms with Gasteiger partial charge in [0, 0.05) is 17.6 Å². The Kier molecular flexibility index (Phi) is 7.97. The number of halogens is 1. The third-order valence-corrected chi connectivity index (χ3v) is 3.47. The summed E-state index contributed by atoms with van der Waals surface area (Å²) in [6.07, 6.45) is 1.14. The van der Waals surface area contributed by atoms with Crippen LogP contribution in [0.4, 0.5) is 0 Å². The van der Waals surface area contributed by atoms with E-state index in [1.54, 1.807) is 0 Å². The van der Waals surface area contributed by atoms with Gasteiger partial charge in [-0.15, -0.1) is 0 Å². The Labute approximate surface area is 127 Å². The van der Waals surface area contributed by atoms with E-state index < -0.39 is 0 Å². The van der Waals surface area contributed by atoms with Crippen molar-refractivity contribution >= 4 is 11.6 Å². The van der Waals surface area contributed by atoms with Crippen LogP contribution in [0.2, 0.25) is 5.02 Å². The molecule has 0 bridgehead atoms. The summed E-state index contributed by atoms with van der Waals surface area (Å²) in [5.74, 6) is 0.913. The highest BCUT2D eigenvalue weighted by Gasteiger charge is 2.05. The topological polar surface area (TPSA) is 30.5 Å². The van der Waals surface area contributed by atoms with Crippen molar-refractivity contribution in [1.29, 1.82) is 0 Å². The lowest BCUT2D eigenvalue weighted by atomic mass is 10.1. The number of hydrogen-bond acceptors (Lipinski definition) is 3. The Morgan fingerprint density at radius 3 is 2.40 bits per heavy atom. The van der Waals surface area contributed by atoms with Crippen LogP contribution in [0.3, 0.4) is 0 Å². The van der Waals surface area contributed by atoms with Gasteiger partial charge in [-0.1, -0.05) is 18.5 Å². The van der Waals surface area contributed by atoms with Crippen molar-refractivity contribution in [1.82, 2.24) is 5.32 Å². The molecule has 0 aliphatic heterocycles. The normalized spacial score (nSPS) is 12.4. The molecule has 1 aromatic rings. The van der Waals surface area contributed by atoms with E-state index in [0.29, 0.717) is 25.9 Å². The molecule has 1 aromatic carbocycles. The number of rotatable bonds is 9. The Bertz CT molecular complexity index is 386. The van der Waals surface area contributed by atoms with Gasteiger partial charge in [0.2, 0.25) is 0 Å². The highest BCUT2D eigenvalue weighted by Crippen LogP contribution is 2.26. The summed E-state index contributed by atoms with van der Waals surface area (Å²) >= 11 is 5.99. The zero-order valence-corrected chi connectivity index (χ0v) is 13.7. The van der Waals surface area contributed by atoms with Crippen LogP contribution >= 0.6 is 11.6 Å². The fourth-order valence-electron chi connectivity index (χ4n) is 1.95. The van der Waals surface area contributed by atoms with Gasteiger partial charge in [0.25, 0.3) is 0 Å². The van der Waals surface area contributed by atoms with Crippen LogP contribution in [-0.4, -0.2) is 32.4 Å². The largest absolute Gasteiger partial charge is 0.491 e. The van der Waals surface area contributed by atoms with E-state index in [1.807, 2.05) is 26.0 Å². The zero-order chi connectivity index (χ0) is 15.0. The first kappa shape index (κ1) is 17.3. The molecule has 20 heavy (non-hydrogen) atoms. The molecule has 0 aliphatic rings. The predicted molar refractivity (Wildman–Crippen MR) is 85.0 cm³/mol. The highest BCUT2D eigenvalue weighted by molar-refractivity contribution is 6.30. The van der Waals surface area contributed by atoms with Gasteiger partial charge in [-0.2, -0.15) is 0 Å². The quantitative estimate of drug-likeness (QED) is 0.705. The standard InChI is InChI=1S/C16H26ClNO2/c1-5-14(4)18-6-7-19-8-9-20-16-12(2)10-15(17)11-13(16)3/h10-11,14,18H,5-9H2,1-4H3. The summed E-state index contributed by atoms with van der Waals surface area (Å²) in [5, 5.41) is 4.13. The lowest BCUT2D eigenvalue weighted by molar-refractivity contribution is 0.1000. The van der Waals surface area contributed by atoms with Crippen molar-refractivity contribution in [3.63, 3.8) is 0 Å². The summed E-state index contributed by atoms with van der Waals surface area (Å²) in [4.78, 5) is 0. The third kappa shape index (κ3) is 6.12. The Hall–Kier alpha value is -0.770. The second-order valence-corrected chi connectivity index (χ2v) is 5.53. The average molecular weight is 300 g/mol. The molecule has 0 heterocycles. The minimum atomic E-state index is 0.550. The molecule has 0 saturated heterocycles. The highest BCUT2D eigenvalue weighted by atomic mass is 35.5. The molecular weight excluding hydrogens is 274 g/mol. The second-order valence-electron chi connectivity index (χ2n) is 5.09. The molecule has 0 fully saturated rings. The van der Waals surface area contributed by atoms with Crippen molar-refractivity contribution in [2.45, 2.75) is 40.2 Å². The first-order chi connectivity index (χ1) is 9.54. The van der Waals surface area contributed by atoms with Crippen LogP contribution in [0.15, 0.2) is 12.1 Å². The first-order valence-electron chi connectivity index (χ1n) is 7.25. The van der Waals surface area contributed by atoms with Gasteiger partial charge >= 0.3 is 0 Å². The van der Waals surface area contributed by atoms with E-state index >= 15 is 0 Å². The SMILES string of the molecule is CCC(C)NCCOCCOc1c(C)cc(Cl)cc1C. The summed E-state index contributed by atoms with van der Waals surface area (Å²) < 4.78 is 11.3. The van der Waals surface area contributed by atoms with Gasteiger partial charge in [0.15, 0.2) is 0 Å². The Morgan fingerprint density at radius 2 is 1.80 bits per heavy atom. The number of ether oxygens (including phenoxy) is 2. The smallest absolute Gasteiger partial charge is 0.125 e. The molecule has 1 N–H and O–H groups in total. The summed E-state index contributed by atoms with van der Waals surface area (Å²) in [7, 11) is 0. The van der Waals surface area contributed by atoms with E-state index in [1.165, 1.54) is 0 Å². The maximum Gasteiger partial charge on any atom is 0.125 e. The lowest BCUT2D eigenvalue weighted by Gasteiger charge is -2.14. The van der Waals surface area contributed by atoms with Crippen LogP contribution in [0.5, 0.6) is 5.75 Å². The minimum absolute atomic E-state index is 0.550. The van der Waals surface area contributed by atoms with Crippen LogP contribution in [-0.2, 0) is 4.74 Å². The molecule has 1 atom stereocenters. The number of hydrogen-bond donors (Lipinski definition) is 1. The van der Waals surface area contributed by atoms with Gasteiger partial charge in [0.05, 0.1) is 13.2 Å². The average Bonchev–Trinajstić information content (AvgIpc) is 2.39. The molecule has 3 nitrogen and oxygen atoms in total. The molecular formula is C16H26ClNO2. The van der Waals surface area contributed by atoms with Crippen molar-refractivity contribution in [3.05, 3.63) is 28.3 Å². The first-order valence-corrected chi connectivity index (χ1v) is 7.63. The van der Waals surface area contributed by atoms with Gasteiger partial charge in [-0.25, -0.2) is 0 Å². The Morgan fingerprint density at radius 1 is 1.15 bits per heavy atom. The van der Waals surface area contributed by atoms with Gasteiger partial charge in [-0.05, 0) is 50.5 Å². The van der Waals surface area contributed by atoms with Crippen LogP contribution in [0.25, 0.3) is 0 Å². The summed E-state index contributed by atoms with van der Waals surface area (Å²) in [6, 6.07) is 4.39. The predicted octanol–water partition coefficient (Wildman–Crippen LogP) is 3.74. The van der Waals surface area contributed by atoms with E-state index in [0.717, 1.165) is 34.9 Å². The zero-order valence-electron chi connectivity index (χ0n) is 13.0. The molecule has 0 saturated carbocycles. The van der Waals surface area contributed by atoms with Crippen molar-refractivity contribution < 1.29 is 9.47 Å². The summed E-state index contributed by atoms with van der Waals surface area (Å²) in [6.45, 7) is 11.1. The Balaban J connectivity index is 2.19. The molecule has 1 rings (SSSR count). The number of benzene rings is 1. The van der Waals surface area contributed by atoms with Crippen LogP contribution in [0, 0.1) is 13.8 Å². The maximum atomic E-state index is 5.99. The number of nitrogens with one attached hydrogen (secondary N) is 1. The molecule has 4 heteroatoms. The lowest BCUT2D eigenvalue weighted by Crippen LogP contribution is -2.29. The van der Waals surface area contributed by atoms with E-state index in [-0.39, 0.29) is 0 Å². The molecule has 0 radical (unpaired) electrons. The van der Waals surface area contributed by atoms with Gasteiger partial charge in [-0.3, -0.25) is 0 Å². The van der Waals surface area contributed by atoms with Crippen molar-refractivity contribution in [3.8, 4) is 5.75 Å². The molecule has 0 spiro atoms. The monoisotopic (exact) mass is 299 g/mol. The molecule has 114 valence electrons. The van der Waals surface area contributed by atoms with Gasteiger partial charge < -0.3 is 14.8 Å².